The number of aliphatic carboxylic acids is 1. The normalized spacial score (nSPS) is 26.9. The molecule has 6 heteroatoms. The fraction of sp³-hybridized carbons (Fsp3) is 0.682. The molecule has 0 unspecified atom stereocenters. The van der Waals surface area contributed by atoms with Crippen LogP contribution in [-0.2, 0) is 23.2 Å². The fourth-order valence-corrected chi connectivity index (χ4v) is 10.5. The van der Waals surface area contributed by atoms with Gasteiger partial charge in [-0.05, 0) is 136 Å². The molecule has 0 heterocycles. The molecular weight excluding hydrogens is 620 g/mol. The topological polar surface area (TPSA) is 87.7 Å². The zero-order valence-electron chi connectivity index (χ0n) is 31.0. The smallest absolute Gasteiger partial charge is 0.306 e. The van der Waals surface area contributed by atoms with Gasteiger partial charge in [0.2, 0.25) is 0 Å². The van der Waals surface area contributed by atoms with Gasteiger partial charge in [0.1, 0.15) is 5.75 Å². The Morgan fingerprint density at radius 2 is 1.40 bits per heavy atom. The second-order valence-corrected chi connectivity index (χ2v) is 16.7. The van der Waals surface area contributed by atoms with E-state index in [9.17, 15) is 14.7 Å². The van der Waals surface area contributed by atoms with E-state index in [2.05, 4.69) is 29.7 Å². The van der Waals surface area contributed by atoms with Gasteiger partial charge in [-0.1, -0.05) is 76.6 Å². The van der Waals surface area contributed by atoms with E-state index < -0.39 is 11.9 Å². The summed E-state index contributed by atoms with van der Waals surface area (Å²) < 4.78 is 5.92. The van der Waals surface area contributed by atoms with E-state index in [0.717, 1.165) is 53.1 Å². The van der Waals surface area contributed by atoms with Crippen LogP contribution in [-0.4, -0.2) is 35.7 Å². The van der Waals surface area contributed by atoms with Gasteiger partial charge in [0.05, 0.1) is 12.5 Å². The molecule has 2 aromatic carbocycles. The fourth-order valence-electron chi connectivity index (χ4n) is 10.5. The minimum absolute atomic E-state index is 0.0964. The molecule has 6 aliphatic rings. The number of carboxylic acids is 1. The first-order valence-electron chi connectivity index (χ1n) is 20.5. The van der Waals surface area contributed by atoms with Crippen molar-refractivity contribution in [3.63, 3.8) is 0 Å². The molecule has 6 fully saturated rings. The van der Waals surface area contributed by atoms with Crippen molar-refractivity contribution in [2.45, 2.75) is 160 Å². The van der Waals surface area contributed by atoms with Crippen molar-refractivity contribution in [2.24, 2.45) is 23.7 Å². The molecule has 2 aromatic rings. The highest BCUT2D eigenvalue weighted by molar-refractivity contribution is 5.94. The lowest BCUT2D eigenvalue weighted by molar-refractivity contribution is -0.141. The van der Waals surface area contributed by atoms with Crippen LogP contribution >= 0.6 is 0 Å². The highest BCUT2D eigenvalue weighted by atomic mass is 16.5. The van der Waals surface area contributed by atoms with Crippen LogP contribution in [0.1, 0.15) is 156 Å². The number of rotatable bonds is 13. The van der Waals surface area contributed by atoms with Crippen LogP contribution in [0.2, 0.25) is 0 Å². The molecule has 8 rings (SSSR count). The summed E-state index contributed by atoms with van der Waals surface area (Å²) in [5, 5.41) is 16.4. The van der Waals surface area contributed by atoms with Crippen molar-refractivity contribution >= 4 is 11.9 Å². The summed E-state index contributed by atoms with van der Waals surface area (Å²) in [6.45, 7) is 4.89. The van der Waals surface area contributed by atoms with Gasteiger partial charge in [-0.25, -0.2) is 0 Å². The van der Waals surface area contributed by atoms with Crippen LogP contribution in [0.25, 0.3) is 0 Å². The molecule has 6 nitrogen and oxygen atoms in total. The largest absolute Gasteiger partial charge is 0.493 e. The molecule has 1 atom stereocenters. The third kappa shape index (κ3) is 9.52. The van der Waals surface area contributed by atoms with Crippen molar-refractivity contribution in [3.05, 3.63) is 64.7 Å². The highest BCUT2D eigenvalue weighted by Gasteiger charge is 2.51. The maximum Gasteiger partial charge on any atom is 0.306 e. The first kappa shape index (κ1) is 36.9. The molecule has 1 amide bonds. The second kappa shape index (κ2) is 17.6. The number of benzene rings is 2. The predicted molar refractivity (Wildman–Crippen MR) is 202 cm³/mol. The van der Waals surface area contributed by atoms with Crippen LogP contribution < -0.4 is 15.4 Å². The molecule has 0 aromatic heterocycles. The van der Waals surface area contributed by atoms with Crippen molar-refractivity contribution in [1.82, 2.24) is 10.6 Å². The summed E-state index contributed by atoms with van der Waals surface area (Å²) in [6, 6.07) is 16.0. The van der Waals surface area contributed by atoms with E-state index in [1.807, 2.05) is 37.3 Å². The maximum absolute atomic E-state index is 13.1. The Morgan fingerprint density at radius 3 is 1.92 bits per heavy atom. The van der Waals surface area contributed by atoms with Crippen LogP contribution in [0.15, 0.2) is 42.5 Å². The molecule has 0 spiro atoms. The number of ether oxygens (including phenoxy) is 1. The van der Waals surface area contributed by atoms with Crippen molar-refractivity contribution < 1.29 is 19.4 Å². The molecule has 0 aliphatic heterocycles. The van der Waals surface area contributed by atoms with Crippen LogP contribution in [0.4, 0.5) is 0 Å². The summed E-state index contributed by atoms with van der Waals surface area (Å²) in [5.41, 5.74) is 4.27. The van der Waals surface area contributed by atoms with Crippen molar-refractivity contribution in [2.75, 3.05) is 6.61 Å². The molecule has 6 aliphatic carbocycles. The van der Waals surface area contributed by atoms with Gasteiger partial charge in [-0.3, -0.25) is 9.59 Å². The molecular formula is C44H64N2O4. The SMILES string of the molecule is C1CCC(NC2CCCCC2)CC1.CCCOc1ccc(C[C@H](CC)C(=O)O)cc1CNC(=O)c1ccc(C23CC4CC(CC(C4)C2)C3)cc1. The molecule has 0 saturated heterocycles. The monoisotopic (exact) mass is 684 g/mol. The quantitative estimate of drug-likeness (QED) is 0.196. The summed E-state index contributed by atoms with van der Waals surface area (Å²) >= 11 is 0. The first-order chi connectivity index (χ1) is 24.3. The average molecular weight is 685 g/mol. The highest BCUT2D eigenvalue weighted by Crippen LogP contribution is 2.60. The van der Waals surface area contributed by atoms with Crippen LogP contribution in [0.5, 0.6) is 5.75 Å². The minimum atomic E-state index is -0.777. The zero-order chi connectivity index (χ0) is 34.9. The van der Waals surface area contributed by atoms with Gasteiger partial charge in [0.25, 0.3) is 5.91 Å². The van der Waals surface area contributed by atoms with Crippen molar-refractivity contribution in [3.8, 4) is 5.75 Å². The van der Waals surface area contributed by atoms with E-state index in [4.69, 9.17) is 4.74 Å². The van der Waals surface area contributed by atoms with E-state index >= 15 is 0 Å². The van der Waals surface area contributed by atoms with Gasteiger partial charge in [0.15, 0.2) is 0 Å². The third-order valence-corrected chi connectivity index (χ3v) is 12.8. The van der Waals surface area contributed by atoms with Crippen molar-refractivity contribution in [1.29, 1.82) is 0 Å². The average Bonchev–Trinajstić information content (AvgIpc) is 3.13. The zero-order valence-corrected chi connectivity index (χ0v) is 31.0. The molecule has 274 valence electrons. The van der Waals surface area contributed by atoms with Crippen LogP contribution in [0, 0.1) is 23.7 Å². The van der Waals surface area contributed by atoms with E-state index in [1.54, 1.807) is 0 Å². The Morgan fingerprint density at radius 1 is 0.820 bits per heavy atom. The second-order valence-electron chi connectivity index (χ2n) is 16.7. The lowest BCUT2D eigenvalue weighted by Crippen LogP contribution is -2.48. The van der Waals surface area contributed by atoms with Gasteiger partial charge < -0.3 is 20.5 Å². The number of carboxylic acid groups (broad SMARTS) is 1. The van der Waals surface area contributed by atoms with Gasteiger partial charge in [-0.2, -0.15) is 0 Å². The number of carbonyl (C=O) groups is 2. The Balaban J connectivity index is 0.000000278. The lowest BCUT2D eigenvalue weighted by Gasteiger charge is -2.57. The number of carbonyl (C=O) groups excluding carboxylic acids is 1. The number of amides is 1. The van der Waals surface area contributed by atoms with Crippen LogP contribution in [0.3, 0.4) is 0 Å². The third-order valence-electron chi connectivity index (χ3n) is 12.8. The van der Waals surface area contributed by atoms with Gasteiger partial charge in [0, 0.05) is 29.8 Å². The van der Waals surface area contributed by atoms with E-state index in [-0.39, 0.29) is 5.91 Å². The Kier molecular flexibility index (Phi) is 13.0. The molecule has 0 radical (unpaired) electrons. The number of nitrogens with one attached hydrogen (secondary N) is 2. The summed E-state index contributed by atoms with van der Waals surface area (Å²) in [6.07, 6.45) is 24.8. The maximum atomic E-state index is 13.1. The van der Waals surface area contributed by atoms with E-state index in [1.165, 1.54) is 108 Å². The Bertz CT molecular complexity index is 1340. The number of hydrogen-bond donors (Lipinski definition) is 3. The first-order valence-corrected chi connectivity index (χ1v) is 20.5. The predicted octanol–water partition coefficient (Wildman–Crippen LogP) is 9.77. The summed E-state index contributed by atoms with van der Waals surface area (Å²) in [4.78, 5) is 24.6. The van der Waals surface area contributed by atoms with Gasteiger partial charge >= 0.3 is 5.97 Å². The Labute approximate surface area is 301 Å². The standard InChI is InChI=1S/C32H41NO4.C12H23N/c1-3-11-37-29-10-5-21(15-25(4-2)31(35)36)16-27(29)20-33-30(34)26-6-8-28(9-7-26)32-17-22-12-23(18-32)14-24(13-22)19-32;1-3-7-11(8-4-1)13-12-9-5-2-6-10-12/h5-10,16,22-25H,3-4,11-15,17-20H2,1-2H3,(H,33,34)(H,35,36);11-13H,1-10H2/t22?,23?,24?,25-,32?;/m0./s1. The van der Waals surface area contributed by atoms with Gasteiger partial charge in [-0.15, -0.1) is 0 Å². The Hall–Kier alpha value is -2.86. The molecule has 50 heavy (non-hydrogen) atoms. The van der Waals surface area contributed by atoms with E-state index in [0.29, 0.717) is 37.0 Å². The minimum Gasteiger partial charge on any atom is -0.493 e. The summed E-state index contributed by atoms with van der Waals surface area (Å²) in [5.74, 6) is 2.15. The summed E-state index contributed by atoms with van der Waals surface area (Å²) in [7, 11) is 0. The number of hydrogen-bond acceptors (Lipinski definition) is 4. The molecule has 4 bridgehead atoms. The lowest BCUT2D eigenvalue weighted by atomic mass is 9.48. The molecule has 3 N–H and O–H groups in total. The molecule has 6 saturated carbocycles.